The van der Waals surface area contributed by atoms with E-state index in [2.05, 4.69) is 10.1 Å². The van der Waals surface area contributed by atoms with Gasteiger partial charge < -0.3 is 39.9 Å². The number of nitrogens with one attached hydrogen (secondary N) is 1. The molecule has 9 rings (SSSR count). The third-order valence-corrected chi connectivity index (χ3v) is 14.4. The minimum Gasteiger partial charge on any atom is -0.507 e. The molecule has 4 N–H and O–H groups in total. The lowest BCUT2D eigenvalue weighted by molar-refractivity contribution is -0.135. The number of Topliss-reactive ketones (excluding diaryl/α,β-unsaturated/α-hetero) is 1. The van der Waals surface area contributed by atoms with Gasteiger partial charge in [0.1, 0.15) is 52.8 Å². The second kappa shape index (κ2) is 32.2. The maximum Gasteiger partial charge on any atom is 0.379 e. The number of benzene rings is 6. The molecule has 3 fully saturated rings. The van der Waals surface area contributed by atoms with Gasteiger partial charge >= 0.3 is 11.9 Å². The van der Waals surface area contributed by atoms with E-state index in [9.17, 15) is 51.8 Å². The molecule has 0 bridgehead atoms. The SMILES string of the molecule is COC(=O)C(=O)c1ccc(OC)c(C(=O)N2CCC(Cc3ccc(F)cc3)CC2)c1.Cl.Fc1ccc(CC2CCNCC2)cc1.O=Cc1ccc(O)c(C(=O)N2CCC(Cc3ccc(F)cc3)CC2)c1.O=Cc1ccc(O)c(C(=O)O)c1. The number of ether oxygens (including phenoxy) is 2. The lowest BCUT2D eigenvalue weighted by Crippen LogP contribution is -2.39. The highest BCUT2D eigenvalue weighted by Gasteiger charge is 2.29. The van der Waals surface area contributed by atoms with Gasteiger partial charge in [-0.05, 0) is 196 Å². The molecule has 0 aliphatic carbocycles. The number of carboxylic acids is 1. The zero-order chi connectivity index (χ0) is 58.4. The number of esters is 1. The number of carboxylic acid groups (broad SMARTS) is 1. The van der Waals surface area contributed by atoms with Crippen molar-refractivity contribution in [2.75, 3.05) is 53.5 Å². The van der Waals surface area contributed by atoms with Crippen LogP contribution in [-0.4, -0.2) is 121 Å². The van der Waals surface area contributed by atoms with Crippen LogP contribution in [0, 0.1) is 35.2 Å². The number of nitrogens with zero attached hydrogens (tertiary/aromatic N) is 2. The van der Waals surface area contributed by atoms with Crippen LogP contribution in [0.3, 0.4) is 0 Å². The Bertz CT molecular complexity index is 3110. The summed E-state index contributed by atoms with van der Waals surface area (Å²) in [7, 11) is 2.58. The zero-order valence-corrected chi connectivity index (χ0v) is 46.4. The zero-order valence-electron chi connectivity index (χ0n) is 45.6. The molecule has 3 aliphatic heterocycles. The van der Waals surface area contributed by atoms with Crippen LogP contribution >= 0.6 is 12.4 Å². The molecule has 3 saturated heterocycles. The Morgan fingerprint density at radius 1 is 0.537 bits per heavy atom. The number of hydrogen-bond donors (Lipinski definition) is 4. The number of carbonyl (C=O) groups excluding carboxylic acids is 6. The van der Waals surface area contributed by atoms with Gasteiger partial charge in [0.25, 0.3) is 17.6 Å². The number of amides is 2. The normalized spacial score (nSPS) is 14.4. The molecular formula is C63H67ClF3N3O12. The number of carbonyl (C=O) groups is 7. The number of hydrogen-bond acceptors (Lipinski definition) is 12. The van der Waals surface area contributed by atoms with Gasteiger partial charge in [0, 0.05) is 42.9 Å². The van der Waals surface area contributed by atoms with Crippen molar-refractivity contribution in [3.05, 3.63) is 195 Å². The predicted molar refractivity (Wildman–Crippen MR) is 304 cm³/mol. The predicted octanol–water partition coefficient (Wildman–Crippen LogP) is 10.4. The molecule has 0 spiro atoms. The number of ketones is 1. The highest BCUT2D eigenvalue weighted by atomic mass is 35.5. The van der Waals surface area contributed by atoms with Gasteiger partial charge in [0.05, 0.1) is 25.3 Å². The lowest BCUT2D eigenvalue weighted by Gasteiger charge is -2.32. The number of phenols is 2. The smallest absolute Gasteiger partial charge is 0.379 e. The van der Waals surface area contributed by atoms with E-state index in [1.54, 1.807) is 46.2 Å². The monoisotopic (exact) mass is 1150 g/mol. The molecule has 6 aromatic carbocycles. The fraction of sp³-hybridized carbons (Fsp3) is 0.317. The van der Waals surface area contributed by atoms with E-state index >= 15 is 0 Å². The molecule has 0 radical (unpaired) electrons. The van der Waals surface area contributed by atoms with E-state index in [-0.39, 0.29) is 81.0 Å². The van der Waals surface area contributed by atoms with Gasteiger partial charge in [0.15, 0.2) is 0 Å². The van der Waals surface area contributed by atoms with Gasteiger partial charge in [-0.25, -0.2) is 22.8 Å². The second-order valence-corrected chi connectivity index (χ2v) is 20.0. The van der Waals surface area contributed by atoms with Gasteiger partial charge in [0.2, 0.25) is 0 Å². The Hall–Kier alpha value is -8.35. The average Bonchev–Trinajstić information content (AvgIpc) is 3.69. The average molecular weight is 1150 g/mol. The Labute approximate surface area is 480 Å². The number of halogens is 4. The first kappa shape index (κ1) is 64.5. The number of likely N-dealkylation sites (tertiary alicyclic amines) is 2. The highest BCUT2D eigenvalue weighted by Crippen LogP contribution is 2.29. The minimum absolute atomic E-state index is 0. The molecule has 434 valence electrons. The van der Waals surface area contributed by atoms with Gasteiger partial charge in [-0.15, -0.1) is 12.4 Å². The maximum atomic E-state index is 13.1. The third-order valence-electron chi connectivity index (χ3n) is 14.4. The number of piperidine rings is 3. The first-order valence-corrected chi connectivity index (χ1v) is 26.6. The molecule has 2 amide bonds. The fourth-order valence-electron chi connectivity index (χ4n) is 9.79. The van der Waals surface area contributed by atoms with Gasteiger partial charge in [-0.1, -0.05) is 36.4 Å². The van der Waals surface area contributed by atoms with Crippen molar-refractivity contribution in [1.29, 1.82) is 0 Å². The summed E-state index contributed by atoms with van der Waals surface area (Å²) in [5.74, 6) is -2.63. The van der Waals surface area contributed by atoms with Gasteiger partial charge in [-0.3, -0.25) is 24.0 Å². The van der Waals surface area contributed by atoms with E-state index in [1.165, 1.54) is 98.3 Å². The fourth-order valence-corrected chi connectivity index (χ4v) is 9.79. The minimum atomic E-state index is -1.25. The third kappa shape index (κ3) is 19.2. The summed E-state index contributed by atoms with van der Waals surface area (Å²) in [6.07, 6.45) is 9.85. The van der Waals surface area contributed by atoms with Crippen LogP contribution in [0.15, 0.2) is 127 Å². The first-order chi connectivity index (χ1) is 39.0. The van der Waals surface area contributed by atoms with E-state index in [1.807, 2.05) is 12.1 Å². The number of rotatable bonds is 14. The molecule has 15 nitrogen and oxygen atoms in total. The summed E-state index contributed by atoms with van der Waals surface area (Å²) in [5.41, 5.74) is 4.26. The summed E-state index contributed by atoms with van der Waals surface area (Å²) in [5, 5.41) is 30.8. The van der Waals surface area contributed by atoms with Crippen molar-refractivity contribution < 1.29 is 71.5 Å². The van der Waals surface area contributed by atoms with Crippen molar-refractivity contribution in [3.8, 4) is 17.2 Å². The van der Waals surface area contributed by atoms with Crippen LogP contribution in [0.2, 0.25) is 0 Å². The Morgan fingerprint density at radius 2 is 0.927 bits per heavy atom. The molecule has 6 aromatic rings. The number of aldehydes is 2. The molecule has 82 heavy (non-hydrogen) atoms. The number of aromatic hydroxyl groups is 2. The van der Waals surface area contributed by atoms with Crippen LogP contribution in [0.4, 0.5) is 13.2 Å². The van der Waals surface area contributed by atoms with Crippen molar-refractivity contribution in [3.63, 3.8) is 0 Å². The quantitative estimate of drug-likeness (QED) is 0.0346. The topological polar surface area (TPSA) is 217 Å². The van der Waals surface area contributed by atoms with Crippen molar-refractivity contribution >= 4 is 54.5 Å². The lowest BCUT2D eigenvalue weighted by atomic mass is 9.90. The van der Waals surface area contributed by atoms with Crippen LogP contribution in [0.5, 0.6) is 17.2 Å². The largest absolute Gasteiger partial charge is 0.507 e. The van der Waals surface area contributed by atoms with E-state index in [4.69, 9.17) is 14.9 Å². The molecule has 0 aromatic heterocycles. The Kier molecular flexibility index (Phi) is 25.3. The van der Waals surface area contributed by atoms with Crippen LogP contribution in [-0.2, 0) is 28.8 Å². The van der Waals surface area contributed by atoms with Crippen molar-refractivity contribution in [2.24, 2.45) is 17.8 Å². The standard InChI is InChI=1S/C23H24FNO5.C20H20FNO3.C12H16FN.C8H6O4.ClH/c1-29-20-8-5-17(21(26)23(28)30-2)14-19(20)22(27)25-11-9-16(10-12-25)13-15-3-6-18(24)7-4-15;21-17-4-1-14(2-5-17)11-15-7-9-22(10-8-15)20(25)18-12-16(13-23)3-6-19(18)24;13-12-3-1-10(2-4-12)9-11-5-7-14-8-6-11;9-4-5-1-2-7(10)6(3-5)8(11)12;/h3-8,14,16H,9-13H2,1-2H3;1-6,12-13,15,24H,7-11H2;1-4,11,14H,5-9H2;1-4,10H,(H,11,12);1H. The van der Waals surface area contributed by atoms with E-state index in [0.717, 1.165) is 88.3 Å². The maximum absolute atomic E-state index is 13.1. The molecule has 3 heterocycles. The molecule has 3 aliphatic rings. The number of phenolic OH excluding ortho intramolecular Hbond substituents is 1. The first-order valence-electron chi connectivity index (χ1n) is 26.6. The highest BCUT2D eigenvalue weighted by molar-refractivity contribution is 6.40. The van der Waals surface area contributed by atoms with E-state index < -0.39 is 17.7 Å². The molecule has 19 heteroatoms. The van der Waals surface area contributed by atoms with Crippen molar-refractivity contribution in [2.45, 2.75) is 57.8 Å². The summed E-state index contributed by atoms with van der Waals surface area (Å²) in [6.45, 7) is 4.62. The number of aromatic carboxylic acids is 1. The van der Waals surface area contributed by atoms with Crippen LogP contribution in [0.25, 0.3) is 0 Å². The second-order valence-electron chi connectivity index (χ2n) is 20.0. The molecular weight excluding hydrogens is 1080 g/mol. The van der Waals surface area contributed by atoms with Crippen molar-refractivity contribution in [1.82, 2.24) is 15.1 Å². The van der Waals surface area contributed by atoms with E-state index in [0.29, 0.717) is 61.9 Å². The molecule has 0 unspecified atom stereocenters. The molecule has 0 atom stereocenters. The summed E-state index contributed by atoms with van der Waals surface area (Å²) in [4.78, 5) is 84.3. The summed E-state index contributed by atoms with van der Waals surface area (Å²) >= 11 is 0. The van der Waals surface area contributed by atoms with Crippen LogP contribution in [0.1, 0.15) is 117 Å². The summed E-state index contributed by atoms with van der Waals surface area (Å²) in [6, 6.07) is 32.2. The molecule has 0 saturated carbocycles. The van der Waals surface area contributed by atoms with Crippen LogP contribution < -0.4 is 10.1 Å². The Morgan fingerprint density at radius 3 is 1.32 bits per heavy atom. The Balaban J connectivity index is 0.000000212. The van der Waals surface area contributed by atoms with Gasteiger partial charge in [-0.2, -0.15) is 0 Å². The summed E-state index contributed by atoms with van der Waals surface area (Å²) < 4.78 is 48.4. The number of methoxy groups -OCH3 is 2.